The lowest BCUT2D eigenvalue weighted by Crippen LogP contribution is -2.12. The first-order valence-electron chi connectivity index (χ1n) is 4.36. The van der Waals surface area contributed by atoms with Gasteiger partial charge in [0.25, 0.3) is 20.2 Å². The van der Waals surface area contributed by atoms with E-state index in [4.69, 9.17) is 14.8 Å². The van der Waals surface area contributed by atoms with Gasteiger partial charge in [-0.25, -0.2) is 0 Å². The first-order chi connectivity index (χ1) is 7.59. The second-order valence-electron chi connectivity index (χ2n) is 3.33. The molecule has 0 spiro atoms. The number of benzene rings is 1. The summed E-state index contributed by atoms with van der Waals surface area (Å²) in [6, 6.07) is 2.15. The highest BCUT2D eigenvalue weighted by molar-refractivity contribution is 7.86. The molecule has 0 radical (unpaired) electrons. The Morgan fingerprint density at radius 1 is 1.12 bits per heavy atom. The van der Waals surface area contributed by atoms with Gasteiger partial charge in [0.05, 0.1) is 4.90 Å². The van der Waals surface area contributed by atoms with E-state index in [1.165, 1.54) is 0 Å². The van der Waals surface area contributed by atoms with Crippen molar-refractivity contribution in [2.24, 2.45) is 5.73 Å². The van der Waals surface area contributed by atoms with Crippen molar-refractivity contribution in [3.05, 3.63) is 23.3 Å². The van der Waals surface area contributed by atoms with Gasteiger partial charge in [0.2, 0.25) is 0 Å². The van der Waals surface area contributed by atoms with Crippen molar-refractivity contribution in [1.29, 1.82) is 0 Å². The van der Waals surface area contributed by atoms with Crippen LogP contribution in [0.1, 0.15) is 11.1 Å². The maximum atomic E-state index is 11.1. The van der Waals surface area contributed by atoms with Crippen LogP contribution in [-0.4, -0.2) is 25.9 Å². The van der Waals surface area contributed by atoms with Gasteiger partial charge in [-0.3, -0.25) is 9.11 Å². The Kier molecular flexibility index (Phi) is 3.60. The lowest BCUT2D eigenvalue weighted by atomic mass is 10.1. The standard InChI is InChI=1S/C8H11NO6S2/c1-5-7(16(10,11)12)3-2-6(4-9)8(5)17(13,14)15/h2-3H,4,9H2,1H3,(H,10,11,12)(H,13,14,15). The minimum Gasteiger partial charge on any atom is -0.326 e. The molecule has 0 aliphatic rings. The van der Waals surface area contributed by atoms with E-state index in [1.54, 1.807) is 0 Å². The lowest BCUT2D eigenvalue weighted by molar-refractivity contribution is 0.478. The summed E-state index contributed by atoms with van der Waals surface area (Å²) in [5, 5.41) is 0. The van der Waals surface area contributed by atoms with E-state index < -0.39 is 30.0 Å². The highest BCUT2D eigenvalue weighted by atomic mass is 32.2. The van der Waals surface area contributed by atoms with Crippen LogP contribution in [-0.2, 0) is 26.8 Å². The Labute approximate surface area is 98.8 Å². The van der Waals surface area contributed by atoms with E-state index in [9.17, 15) is 16.8 Å². The summed E-state index contributed by atoms with van der Waals surface area (Å²) in [7, 11) is -9.17. The van der Waals surface area contributed by atoms with Crippen LogP contribution < -0.4 is 5.73 Å². The maximum absolute atomic E-state index is 11.1. The van der Waals surface area contributed by atoms with Crippen LogP contribution in [0, 0.1) is 6.92 Å². The molecule has 0 atom stereocenters. The van der Waals surface area contributed by atoms with Crippen molar-refractivity contribution in [3.8, 4) is 0 Å². The Bertz CT molecular complexity index is 647. The molecule has 9 heteroatoms. The molecule has 0 bridgehead atoms. The quantitative estimate of drug-likeness (QED) is 0.661. The van der Waals surface area contributed by atoms with Crippen LogP contribution in [0.2, 0.25) is 0 Å². The lowest BCUT2D eigenvalue weighted by Gasteiger charge is -2.11. The first kappa shape index (κ1) is 14.1. The monoisotopic (exact) mass is 281 g/mol. The largest absolute Gasteiger partial charge is 0.326 e. The number of rotatable bonds is 3. The van der Waals surface area contributed by atoms with Gasteiger partial charge in [0.1, 0.15) is 4.90 Å². The fraction of sp³-hybridized carbons (Fsp3) is 0.250. The molecule has 0 saturated carbocycles. The number of hydrogen-bond donors (Lipinski definition) is 3. The van der Waals surface area contributed by atoms with Crippen molar-refractivity contribution < 1.29 is 25.9 Å². The van der Waals surface area contributed by atoms with Crippen LogP contribution in [0.25, 0.3) is 0 Å². The topological polar surface area (TPSA) is 135 Å². The zero-order valence-electron chi connectivity index (χ0n) is 8.78. The molecule has 0 aliphatic heterocycles. The van der Waals surface area contributed by atoms with E-state index in [0.29, 0.717) is 0 Å². The van der Waals surface area contributed by atoms with Crippen molar-refractivity contribution >= 4 is 20.2 Å². The third kappa shape index (κ3) is 2.82. The normalized spacial score (nSPS) is 12.7. The van der Waals surface area contributed by atoms with Crippen LogP contribution in [0.3, 0.4) is 0 Å². The third-order valence-corrected chi connectivity index (χ3v) is 4.28. The molecule has 0 aliphatic carbocycles. The molecule has 1 rings (SSSR count). The second-order valence-corrected chi connectivity index (χ2v) is 6.08. The predicted molar refractivity (Wildman–Crippen MR) is 58.7 cm³/mol. The minimum absolute atomic E-state index is 0.0670. The Morgan fingerprint density at radius 3 is 2.00 bits per heavy atom. The van der Waals surface area contributed by atoms with E-state index in [1.807, 2.05) is 0 Å². The molecule has 0 fully saturated rings. The molecule has 1 aromatic rings. The zero-order valence-corrected chi connectivity index (χ0v) is 10.4. The fourth-order valence-electron chi connectivity index (χ4n) is 1.53. The molecular weight excluding hydrogens is 270 g/mol. The van der Waals surface area contributed by atoms with Gasteiger partial charge in [-0.2, -0.15) is 16.8 Å². The number of hydrogen-bond acceptors (Lipinski definition) is 5. The summed E-state index contributed by atoms with van der Waals surface area (Å²) in [6.45, 7) is 0.965. The van der Waals surface area contributed by atoms with Crippen LogP contribution in [0.15, 0.2) is 21.9 Å². The van der Waals surface area contributed by atoms with E-state index in [0.717, 1.165) is 19.1 Å². The predicted octanol–water partition coefficient (Wildman–Crippen LogP) is -0.0529. The van der Waals surface area contributed by atoms with Crippen LogP contribution in [0.4, 0.5) is 0 Å². The summed E-state index contributed by atoms with van der Waals surface area (Å²) in [4.78, 5) is -1.17. The van der Waals surface area contributed by atoms with Crippen LogP contribution in [0.5, 0.6) is 0 Å². The molecule has 4 N–H and O–H groups in total. The SMILES string of the molecule is Cc1c(S(=O)(=O)O)ccc(CN)c1S(=O)(=O)O. The summed E-state index contributed by atoms with van der Waals surface area (Å²) < 4.78 is 62.1. The molecule has 7 nitrogen and oxygen atoms in total. The minimum atomic E-state index is -4.61. The molecule has 0 heterocycles. The van der Waals surface area contributed by atoms with Gasteiger partial charge in [0, 0.05) is 6.54 Å². The van der Waals surface area contributed by atoms with Gasteiger partial charge in [-0.15, -0.1) is 0 Å². The molecule has 0 aromatic heterocycles. The van der Waals surface area contributed by atoms with Crippen molar-refractivity contribution in [2.45, 2.75) is 23.3 Å². The number of nitrogens with two attached hydrogens (primary N) is 1. The summed E-state index contributed by atoms with van der Waals surface area (Å²) in [6.07, 6.45) is 0. The fourth-order valence-corrected chi connectivity index (χ4v) is 3.30. The van der Waals surface area contributed by atoms with Crippen LogP contribution >= 0.6 is 0 Å². The van der Waals surface area contributed by atoms with E-state index in [-0.39, 0.29) is 17.7 Å². The average Bonchev–Trinajstić information content (AvgIpc) is 2.12. The molecular formula is C8H11NO6S2. The zero-order chi connectivity index (χ0) is 13.4. The van der Waals surface area contributed by atoms with Crippen molar-refractivity contribution in [3.63, 3.8) is 0 Å². The van der Waals surface area contributed by atoms with Gasteiger partial charge in [-0.05, 0) is 24.1 Å². The molecule has 1 aromatic carbocycles. The summed E-state index contributed by atoms with van der Waals surface area (Å²) in [5.41, 5.74) is 5.09. The van der Waals surface area contributed by atoms with E-state index >= 15 is 0 Å². The van der Waals surface area contributed by atoms with Gasteiger partial charge < -0.3 is 5.73 Å². The third-order valence-electron chi connectivity index (χ3n) is 2.19. The molecule has 96 valence electrons. The van der Waals surface area contributed by atoms with Crippen molar-refractivity contribution in [1.82, 2.24) is 0 Å². The molecule has 0 unspecified atom stereocenters. The van der Waals surface area contributed by atoms with Gasteiger partial charge in [0.15, 0.2) is 0 Å². The Morgan fingerprint density at radius 2 is 1.65 bits per heavy atom. The second kappa shape index (κ2) is 4.35. The Balaban J connectivity index is 3.80. The highest BCUT2D eigenvalue weighted by Gasteiger charge is 2.24. The van der Waals surface area contributed by atoms with Gasteiger partial charge in [-0.1, -0.05) is 6.07 Å². The average molecular weight is 281 g/mol. The summed E-state index contributed by atoms with van der Waals surface area (Å²) in [5.74, 6) is 0. The Hall–Kier alpha value is -1.00. The highest BCUT2D eigenvalue weighted by Crippen LogP contribution is 2.26. The molecule has 0 saturated heterocycles. The summed E-state index contributed by atoms with van der Waals surface area (Å²) >= 11 is 0. The smallest absolute Gasteiger partial charge is 0.295 e. The molecule has 17 heavy (non-hydrogen) atoms. The molecule has 0 amide bonds. The van der Waals surface area contributed by atoms with Crippen molar-refractivity contribution in [2.75, 3.05) is 0 Å². The first-order valence-corrected chi connectivity index (χ1v) is 7.24. The maximum Gasteiger partial charge on any atom is 0.295 e. The van der Waals surface area contributed by atoms with E-state index in [2.05, 4.69) is 0 Å². The van der Waals surface area contributed by atoms with Gasteiger partial charge >= 0.3 is 0 Å².